The molecule has 0 aromatic carbocycles. The van der Waals surface area contributed by atoms with E-state index in [1.54, 1.807) is 6.08 Å². The number of rotatable bonds is 53. The number of carbonyl (C=O) groups excluding carboxylic acids is 1. The predicted molar refractivity (Wildman–Crippen MR) is 284 cm³/mol. The molecule has 2 N–H and O–H groups in total. The molecular formula is C57H113N2O6P. The lowest BCUT2D eigenvalue weighted by Crippen LogP contribution is -2.45. The van der Waals surface area contributed by atoms with Gasteiger partial charge in [-0.25, -0.2) is 0 Å². The molecule has 0 heterocycles. The van der Waals surface area contributed by atoms with Gasteiger partial charge in [0, 0.05) is 6.42 Å². The number of unbranched alkanes of at least 4 members (excludes halogenated alkanes) is 38. The van der Waals surface area contributed by atoms with Gasteiger partial charge in [0.1, 0.15) is 13.2 Å². The average Bonchev–Trinajstić information content (AvgIpc) is 3.28. The van der Waals surface area contributed by atoms with Gasteiger partial charge in [-0.15, -0.1) is 0 Å². The van der Waals surface area contributed by atoms with Gasteiger partial charge in [0.05, 0.1) is 39.9 Å². The van der Waals surface area contributed by atoms with E-state index in [0.29, 0.717) is 17.4 Å². The number of phosphoric ester groups is 1. The van der Waals surface area contributed by atoms with E-state index in [1.165, 1.54) is 225 Å². The largest absolute Gasteiger partial charge is 0.756 e. The zero-order chi connectivity index (χ0) is 48.5. The lowest BCUT2D eigenvalue weighted by atomic mass is 10.0. The zero-order valence-electron chi connectivity index (χ0n) is 44.7. The van der Waals surface area contributed by atoms with Crippen LogP contribution in [0.25, 0.3) is 0 Å². The Hall–Kier alpha value is -1.02. The van der Waals surface area contributed by atoms with Crippen LogP contribution in [0.4, 0.5) is 0 Å². The molecule has 0 aliphatic carbocycles. The standard InChI is InChI=1S/C57H113N2O6P/c1-6-8-10-12-14-16-18-19-20-21-22-23-24-25-26-27-28-29-30-31-32-33-34-35-36-37-38-39-41-43-45-47-49-51-57(61)58-55(54-65-66(62,63)64-53-52-59(3,4)5)56(60)50-48-46-44-42-40-17-15-13-11-9-7-2/h25-26,48,50,55-56,60H,6-24,27-47,49,51-54H2,1-5H3,(H-,58,61,62,63)/b26-25-,50-48+. The third-order valence-electron chi connectivity index (χ3n) is 13.2. The fourth-order valence-electron chi connectivity index (χ4n) is 8.62. The molecule has 0 saturated heterocycles. The van der Waals surface area contributed by atoms with Crippen LogP contribution in [0.2, 0.25) is 0 Å². The van der Waals surface area contributed by atoms with Crippen molar-refractivity contribution in [3.63, 3.8) is 0 Å². The van der Waals surface area contributed by atoms with E-state index in [1.807, 2.05) is 27.2 Å². The van der Waals surface area contributed by atoms with Gasteiger partial charge in [-0.1, -0.05) is 256 Å². The fourth-order valence-corrected chi connectivity index (χ4v) is 9.34. The van der Waals surface area contributed by atoms with E-state index in [2.05, 4.69) is 31.3 Å². The molecular weight excluding hydrogens is 840 g/mol. The molecule has 0 aliphatic heterocycles. The van der Waals surface area contributed by atoms with E-state index in [-0.39, 0.29) is 19.1 Å². The molecule has 0 radical (unpaired) electrons. The summed E-state index contributed by atoms with van der Waals surface area (Å²) in [7, 11) is 1.27. The summed E-state index contributed by atoms with van der Waals surface area (Å²) < 4.78 is 23.3. The van der Waals surface area contributed by atoms with Crippen LogP contribution < -0.4 is 10.2 Å². The van der Waals surface area contributed by atoms with E-state index < -0.39 is 20.0 Å². The summed E-state index contributed by atoms with van der Waals surface area (Å²) in [6, 6.07) is -0.882. The second kappa shape index (κ2) is 49.0. The second-order valence-corrected chi connectivity index (χ2v) is 22.4. The number of carbonyl (C=O) groups is 1. The average molecular weight is 954 g/mol. The van der Waals surface area contributed by atoms with Gasteiger partial charge in [-0.2, -0.15) is 0 Å². The fraction of sp³-hybridized carbons (Fsp3) is 0.912. The van der Waals surface area contributed by atoms with Crippen molar-refractivity contribution in [2.75, 3.05) is 40.9 Å². The number of nitrogens with one attached hydrogen (secondary N) is 1. The van der Waals surface area contributed by atoms with Crippen LogP contribution in [0.1, 0.15) is 284 Å². The number of aliphatic hydroxyl groups excluding tert-OH is 1. The van der Waals surface area contributed by atoms with Gasteiger partial charge in [0.15, 0.2) is 0 Å². The summed E-state index contributed by atoms with van der Waals surface area (Å²) in [6.07, 6.45) is 61.3. The number of likely N-dealkylation sites (N-methyl/N-ethyl adjacent to an activating group) is 1. The lowest BCUT2D eigenvalue weighted by molar-refractivity contribution is -0.870. The van der Waals surface area contributed by atoms with E-state index in [4.69, 9.17) is 9.05 Å². The van der Waals surface area contributed by atoms with E-state index in [0.717, 1.165) is 38.5 Å². The van der Waals surface area contributed by atoms with Crippen LogP contribution in [0, 0.1) is 0 Å². The highest BCUT2D eigenvalue weighted by Gasteiger charge is 2.23. The number of hydrogen-bond donors (Lipinski definition) is 2. The highest BCUT2D eigenvalue weighted by molar-refractivity contribution is 7.45. The molecule has 0 aromatic rings. The summed E-state index contributed by atoms with van der Waals surface area (Å²) in [5, 5.41) is 13.8. The molecule has 0 saturated carbocycles. The summed E-state index contributed by atoms with van der Waals surface area (Å²) in [4.78, 5) is 25.4. The number of amides is 1. The predicted octanol–water partition coefficient (Wildman–Crippen LogP) is 16.6. The minimum atomic E-state index is -4.59. The number of aliphatic hydroxyl groups is 1. The van der Waals surface area contributed by atoms with Crippen LogP contribution in [0.3, 0.4) is 0 Å². The van der Waals surface area contributed by atoms with Crippen molar-refractivity contribution < 1.29 is 32.9 Å². The molecule has 9 heteroatoms. The van der Waals surface area contributed by atoms with Crippen molar-refractivity contribution in [3.8, 4) is 0 Å². The third kappa shape index (κ3) is 50.8. The molecule has 8 nitrogen and oxygen atoms in total. The number of quaternary nitrogens is 1. The maximum absolute atomic E-state index is 12.9. The van der Waals surface area contributed by atoms with E-state index >= 15 is 0 Å². The Morgan fingerprint density at radius 1 is 0.515 bits per heavy atom. The van der Waals surface area contributed by atoms with Crippen molar-refractivity contribution in [2.24, 2.45) is 0 Å². The maximum Gasteiger partial charge on any atom is 0.268 e. The van der Waals surface area contributed by atoms with Gasteiger partial charge in [-0.3, -0.25) is 9.36 Å². The maximum atomic E-state index is 12.9. The van der Waals surface area contributed by atoms with Crippen LogP contribution in [0.5, 0.6) is 0 Å². The number of hydrogen-bond acceptors (Lipinski definition) is 6. The minimum absolute atomic E-state index is 0.000977. The smallest absolute Gasteiger partial charge is 0.268 e. The van der Waals surface area contributed by atoms with Crippen LogP contribution in [0.15, 0.2) is 24.3 Å². The number of phosphoric acid groups is 1. The molecule has 3 unspecified atom stereocenters. The number of nitrogens with zero attached hydrogens (tertiary/aromatic N) is 1. The number of allylic oxidation sites excluding steroid dienone is 3. The first kappa shape index (κ1) is 65.0. The Labute approximate surface area is 411 Å². The molecule has 66 heavy (non-hydrogen) atoms. The summed E-state index contributed by atoms with van der Waals surface area (Å²) >= 11 is 0. The van der Waals surface area contributed by atoms with Crippen molar-refractivity contribution in [2.45, 2.75) is 296 Å². The first-order valence-electron chi connectivity index (χ1n) is 28.7. The Morgan fingerprint density at radius 2 is 0.833 bits per heavy atom. The second-order valence-electron chi connectivity index (χ2n) is 21.0. The quantitative estimate of drug-likeness (QED) is 0.0272. The zero-order valence-corrected chi connectivity index (χ0v) is 45.6. The molecule has 0 bridgehead atoms. The van der Waals surface area contributed by atoms with Gasteiger partial charge in [0.2, 0.25) is 5.91 Å². The van der Waals surface area contributed by atoms with Crippen molar-refractivity contribution in [1.82, 2.24) is 5.32 Å². The van der Waals surface area contributed by atoms with Crippen molar-refractivity contribution in [1.29, 1.82) is 0 Å². The highest BCUT2D eigenvalue weighted by Crippen LogP contribution is 2.38. The molecule has 0 fully saturated rings. The van der Waals surface area contributed by atoms with Crippen LogP contribution in [-0.2, 0) is 18.4 Å². The Balaban J connectivity index is 3.94. The molecule has 392 valence electrons. The van der Waals surface area contributed by atoms with Crippen LogP contribution >= 0.6 is 7.82 Å². The molecule has 0 rings (SSSR count). The molecule has 3 atom stereocenters. The SMILES string of the molecule is CCCCCCCCCCC/C=C/C(O)C(COP(=O)([O-])OCC[N+](C)(C)C)NC(=O)CCCCCCCCCCCCCCCCCCC/C=C\CCCCCCCCCCCCCC. The topological polar surface area (TPSA) is 108 Å². The highest BCUT2D eigenvalue weighted by atomic mass is 31.2. The van der Waals surface area contributed by atoms with Crippen molar-refractivity contribution >= 4 is 13.7 Å². The monoisotopic (exact) mass is 953 g/mol. The van der Waals surface area contributed by atoms with Gasteiger partial charge < -0.3 is 28.8 Å². The molecule has 1 amide bonds. The lowest BCUT2D eigenvalue weighted by Gasteiger charge is -2.29. The minimum Gasteiger partial charge on any atom is -0.756 e. The Morgan fingerprint density at radius 3 is 1.18 bits per heavy atom. The van der Waals surface area contributed by atoms with Crippen LogP contribution in [-0.4, -0.2) is 68.5 Å². The normalized spacial score (nSPS) is 14.1. The molecule has 0 aliphatic rings. The van der Waals surface area contributed by atoms with Gasteiger partial charge >= 0.3 is 0 Å². The van der Waals surface area contributed by atoms with Gasteiger partial charge in [0.25, 0.3) is 7.82 Å². The van der Waals surface area contributed by atoms with Crippen molar-refractivity contribution in [3.05, 3.63) is 24.3 Å². The third-order valence-corrected chi connectivity index (χ3v) is 14.1. The molecule has 0 spiro atoms. The summed E-state index contributed by atoms with van der Waals surface area (Å²) in [5.74, 6) is -0.194. The molecule has 0 aromatic heterocycles. The first-order valence-corrected chi connectivity index (χ1v) is 30.2. The first-order chi connectivity index (χ1) is 32.0. The van der Waals surface area contributed by atoms with Gasteiger partial charge in [-0.05, 0) is 44.9 Å². The van der Waals surface area contributed by atoms with E-state index in [9.17, 15) is 19.4 Å². The Bertz CT molecular complexity index is 1130. The Kier molecular flexibility index (Phi) is 48.2. The summed E-state index contributed by atoms with van der Waals surface area (Å²) in [5.41, 5.74) is 0. The summed E-state index contributed by atoms with van der Waals surface area (Å²) in [6.45, 7) is 4.66.